The Labute approximate surface area is 262 Å². The van der Waals surface area contributed by atoms with Crippen molar-refractivity contribution >= 4 is 35.1 Å². The minimum Gasteiger partial charge on any atom is -0.481 e. The van der Waals surface area contributed by atoms with Gasteiger partial charge in [-0.2, -0.15) is 0 Å². The Balaban J connectivity index is 1.66. The Morgan fingerprint density at radius 3 is 2.18 bits per heavy atom. The number of nitrogens with zero attached hydrogens (tertiary/aromatic N) is 2. The lowest BCUT2D eigenvalue weighted by Gasteiger charge is -2.44. The predicted molar refractivity (Wildman–Crippen MR) is 172 cm³/mol. The summed E-state index contributed by atoms with van der Waals surface area (Å²) >= 11 is 0. The van der Waals surface area contributed by atoms with E-state index in [1.54, 1.807) is 43.3 Å². The molecular formula is C33H39N7O5. The second kappa shape index (κ2) is 13.6. The van der Waals surface area contributed by atoms with Gasteiger partial charge >= 0.3 is 5.97 Å². The number of aromatic carboxylic acids is 1. The summed E-state index contributed by atoms with van der Waals surface area (Å²) in [6.45, 7) is 7.24. The summed E-state index contributed by atoms with van der Waals surface area (Å²) in [4.78, 5) is 45.9. The third kappa shape index (κ3) is 7.64. The minimum atomic E-state index is -1.27. The van der Waals surface area contributed by atoms with Crippen molar-refractivity contribution < 1.29 is 24.2 Å². The average molecular weight is 614 g/mol. The van der Waals surface area contributed by atoms with E-state index in [2.05, 4.69) is 29.5 Å². The molecule has 236 valence electrons. The highest BCUT2D eigenvalue weighted by Gasteiger charge is 2.37. The van der Waals surface area contributed by atoms with Crippen molar-refractivity contribution in [3.63, 3.8) is 0 Å². The number of carbonyl (C=O) groups excluding carboxylic acids is 2. The van der Waals surface area contributed by atoms with Crippen molar-refractivity contribution in [1.82, 2.24) is 15.2 Å². The van der Waals surface area contributed by atoms with E-state index in [1.165, 1.54) is 25.3 Å². The van der Waals surface area contributed by atoms with E-state index < -0.39 is 17.4 Å². The fraction of sp³-hybridized carbons (Fsp3) is 0.333. The number of amidine groups is 2. The third-order valence-corrected chi connectivity index (χ3v) is 7.92. The van der Waals surface area contributed by atoms with Crippen molar-refractivity contribution in [2.75, 3.05) is 25.5 Å². The van der Waals surface area contributed by atoms with E-state index >= 15 is 0 Å². The smallest absolute Gasteiger partial charge is 0.336 e. The number of piperidine rings is 1. The van der Waals surface area contributed by atoms with Gasteiger partial charge in [-0.25, -0.2) is 9.78 Å². The first-order valence-electron chi connectivity index (χ1n) is 14.6. The van der Waals surface area contributed by atoms with E-state index in [1.807, 2.05) is 4.90 Å². The number of pyridine rings is 1. The molecule has 12 nitrogen and oxygen atoms in total. The lowest BCUT2D eigenvalue weighted by atomic mass is 9.80. The fourth-order valence-corrected chi connectivity index (χ4v) is 5.71. The molecule has 0 saturated carbocycles. The number of carboxylic acids is 1. The zero-order valence-electron chi connectivity index (χ0n) is 25.9. The number of nitrogens with two attached hydrogens (primary N) is 1. The molecule has 4 rings (SSSR count). The molecule has 1 aliphatic heterocycles. The van der Waals surface area contributed by atoms with Crippen molar-refractivity contribution in [2.45, 2.75) is 45.6 Å². The molecule has 1 aromatic heterocycles. The maximum atomic E-state index is 13.6. The number of amides is 2. The van der Waals surface area contributed by atoms with Gasteiger partial charge in [0, 0.05) is 47.1 Å². The molecule has 2 heterocycles. The van der Waals surface area contributed by atoms with Crippen molar-refractivity contribution in [1.29, 1.82) is 10.8 Å². The van der Waals surface area contributed by atoms with Crippen LogP contribution in [0.1, 0.15) is 76.8 Å². The first-order chi connectivity index (χ1) is 21.3. The number of hydrogen-bond donors (Lipinski definition) is 6. The Bertz CT molecular complexity index is 1630. The van der Waals surface area contributed by atoms with E-state index in [0.29, 0.717) is 48.9 Å². The van der Waals surface area contributed by atoms with Gasteiger partial charge in [-0.15, -0.1) is 0 Å². The van der Waals surface area contributed by atoms with Crippen LogP contribution in [-0.2, 0) is 0 Å². The van der Waals surface area contributed by atoms with Crippen molar-refractivity contribution in [3.05, 3.63) is 77.0 Å². The Hall–Kier alpha value is -5.26. The summed E-state index contributed by atoms with van der Waals surface area (Å²) in [5.74, 6) is -1.41. The zero-order valence-corrected chi connectivity index (χ0v) is 25.9. The van der Waals surface area contributed by atoms with E-state index in [-0.39, 0.29) is 45.6 Å². The number of nitrogen functional groups attached to an aromatic ring is 1. The highest BCUT2D eigenvalue weighted by molar-refractivity contribution is 6.10. The average Bonchev–Trinajstić information content (AvgIpc) is 3.00. The normalized spacial score (nSPS) is 14.0. The lowest BCUT2D eigenvalue weighted by molar-refractivity contribution is 0.0697. The summed E-state index contributed by atoms with van der Waals surface area (Å²) < 4.78 is 5.23. The first-order valence-corrected chi connectivity index (χ1v) is 14.6. The molecule has 0 unspecified atom stereocenters. The van der Waals surface area contributed by atoms with Crippen LogP contribution in [0.15, 0.2) is 54.6 Å². The highest BCUT2D eigenvalue weighted by atomic mass is 16.5. The molecule has 3 aromatic rings. The predicted octanol–water partition coefficient (Wildman–Crippen LogP) is 4.60. The van der Waals surface area contributed by atoms with Crippen LogP contribution >= 0.6 is 0 Å². The Morgan fingerprint density at radius 2 is 1.62 bits per heavy atom. The topological polar surface area (TPSA) is 195 Å². The number of anilines is 1. The van der Waals surface area contributed by atoms with Crippen LogP contribution in [0.5, 0.6) is 5.88 Å². The number of rotatable bonds is 10. The molecular weight excluding hydrogens is 574 g/mol. The molecule has 7 N–H and O–H groups in total. The second-order valence-corrected chi connectivity index (χ2v) is 11.7. The van der Waals surface area contributed by atoms with Gasteiger partial charge in [0.1, 0.15) is 11.5 Å². The Morgan fingerprint density at radius 1 is 1.00 bits per heavy atom. The second-order valence-electron chi connectivity index (χ2n) is 11.7. The molecule has 1 saturated heterocycles. The number of nitrogens with one attached hydrogen (secondary N) is 4. The molecule has 0 radical (unpaired) electrons. The van der Waals surface area contributed by atoms with Gasteiger partial charge in [-0.3, -0.25) is 20.4 Å². The molecule has 0 aliphatic carbocycles. The number of ether oxygens (including phenoxy) is 1. The van der Waals surface area contributed by atoms with Gasteiger partial charge < -0.3 is 31.1 Å². The molecule has 2 aromatic carbocycles. The van der Waals surface area contributed by atoms with Gasteiger partial charge in [0.15, 0.2) is 0 Å². The summed E-state index contributed by atoms with van der Waals surface area (Å²) in [6, 6.07) is 13.8. The summed E-state index contributed by atoms with van der Waals surface area (Å²) in [5, 5.41) is 31.7. The summed E-state index contributed by atoms with van der Waals surface area (Å²) in [5.41, 5.74) is 6.34. The van der Waals surface area contributed by atoms with Crippen molar-refractivity contribution in [3.8, 4) is 17.0 Å². The van der Waals surface area contributed by atoms with Crippen molar-refractivity contribution in [2.24, 2.45) is 11.7 Å². The number of carbonyl (C=O) groups is 3. The van der Waals surface area contributed by atoms with Gasteiger partial charge in [-0.1, -0.05) is 19.9 Å². The molecule has 45 heavy (non-hydrogen) atoms. The van der Waals surface area contributed by atoms with E-state index in [0.717, 1.165) is 6.42 Å². The maximum Gasteiger partial charge on any atom is 0.336 e. The van der Waals surface area contributed by atoms with Crippen LogP contribution in [-0.4, -0.2) is 70.2 Å². The van der Waals surface area contributed by atoms with E-state index in [4.69, 9.17) is 21.3 Å². The number of benzene rings is 2. The number of aromatic nitrogens is 1. The summed E-state index contributed by atoms with van der Waals surface area (Å²) in [7, 11) is 1.41. The molecule has 1 aliphatic rings. The van der Waals surface area contributed by atoms with Crippen LogP contribution in [0.3, 0.4) is 0 Å². The molecule has 0 atom stereocenters. The van der Waals surface area contributed by atoms with Gasteiger partial charge in [0.25, 0.3) is 11.8 Å². The van der Waals surface area contributed by atoms with Crippen LogP contribution in [0, 0.1) is 16.7 Å². The van der Waals surface area contributed by atoms with Crippen LogP contribution in [0.2, 0.25) is 0 Å². The highest BCUT2D eigenvalue weighted by Crippen LogP contribution is 2.32. The number of hydrogen-bond acceptors (Lipinski definition) is 7. The Kier molecular flexibility index (Phi) is 9.85. The molecule has 1 fully saturated rings. The van der Waals surface area contributed by atoms with Gasteiger partial charge in [0.05, 0.1) is 18.5 Å². The monoisotopic (exact) mass is 613 g/mol. The zero-order chi connectivity index (χ0) is 32.9. The maximum absolute atomic E-state index is 13.6. The van der Waals surface area contributed by atoms with Gasteiger partial charge in [0.2, 0.25) is 5.88 Å². The standard InChI is InChI=1S/C33H39N7O5/c1-19(2)18-33(13-15-40(16-14-33)20(3)34)39-30(41)22-7-10-24(26(17-22)32(43)44)25-11-12-27(45-4)38-28(25)31(42)37-23-8-5-21(6-9-23)29(35)36/h5-12,17,19,34H,13-16,18H2,1-4H3,(H3,35,36)(H,37,42)(H,39,41)(H,43,44). The number of methoxy groups -OCH3 is 1. The SMILES string of the molecule is COc1ccc(-c2ccc(C(=O)NC3(CC(C)C)CCN(C(C)=N)CC3)cc2C(=O)O)c(C(=O)Nc2ccc(C(=N)N)cc2)n1. The molecule has 2 amide bonds. The summed E-state index contributed by atoms with van der Waals surface area (Å²) in [6.07, 6.45) is 2.09. The third-order valence-electron chi connectivity index (χ3n) is 7.92. The molecule has 0 spiro atoms. The minimum absolute atomic E-state index is 0.0752. The van der Waals surface area contributed by atoms with Crippen LogP contribution in [0.25, 0.3) is 11.1 Å². The van der Waals surface area contributed by atoms with Crippen LogP contribution in [0.4, 0.5) is 5.69 Å². The molecule has 0 bridgehead atoms. The quantitative estimate of drug-likeness (QED) is 0.141. The lowest BCUT2D eigenvalue weighted by Crippen LogP contribution is -2.56. The molecule has 12 heteroatoms. The number of likely N-dealkylation sites (tertiary alicyclic amines) is 1. The largest absolute Gasteiger partial charge is 0.481 e. The van der Waals surface area contributed by atoms with E-state index in [9.17, 15) is 19.5 Å². The van der Waals surface area contributed by atoms with Gasteiger partial charge in [-0.05, 0) is 80.1 Å². The fourth-order valence-electron chi connectivity index (χ4n) is 5.71. The first kappa shape index (κ1) is 32.6. The van der Waals surface area contributed by atoms with Crippen LogP contribution < -0.4 is 21.1 Å². The number of carboxylic acid groups (broad SMARTS) is 1.